The van der Waals surface area contributed by atoms with Crippen molar-refractivity contribution in [2.24, 2.45) is 0 Å². The summed E-state index contributed by atoms with van der Waals surface area (Å²) < 4.78 is 24.7. The van der Waals surface area contributed by atoms with Crippen molar-refractivity contribution in [1.82, 2.24) is 5.32 Å². The lowest BCUT2D eigenvalue weighted by Gasteiger charge is -2.23. The second-order valence-electron chi connectivity index (χ2n) is 6.14. The number of methoxy groups -OCH3 is 1. The van der Waals surface area contributed by atoms with Gasteiger partial charge in [-0.15, -0.1) is 0 Å². The van der Waals surface area contributed by atoms with E-state index in [2.05, 4.69) is 5.32 Å². The van der Waals surface area contributed by atoms with Crippen molar-refractivity contribution in [3.8, 4) is 11.5 Å². The van der Waals surface area contributed by atoms with E-state index in [0.29, 0.717) is 6.42 Å². The summed E-state index contributed by atoms with van der Waals surface area (Å²) in [5.41, 5.74) is 2.01. The van der Waals surface area contributed by atoms with Crippen LogP contribution in [0.2, 0.25) is 0 Å². The first-order valence-corrected chi connectivity index (χ1v) is 8.86. The molecule has 2 aromatic rings. The molecule has 0 saturated heterocycles. The molecule has 5 heteroatoms. The molecule has 0 aliphatic carbocycles. The van der Waals surface area contributed by atoms with Crippen LogP contribution in [0.25, 0.3) is 0 Å². The first-order chi connectivity index (χ1) is 12.5. The summed E-state index contributed by atoms with van der Waals surface area (Å²) >= 11 is 0. The fraction of sp³-hybridized carbons (Fsp3) is 0.381. The molecule has 1 N–H and O–H groups in total. The third kappa shape index (κ3) is 4.75. The summed E-state index contributed by atoms with van der Waals surface area (Å²) in [5.74, 6) is 0.166. The van der Waals surface area contributed by atoms with E-state index in [-0.39, 0.29) is 17.7 Å². The second kappa shape index (κ2) is 9.22. The van der Waals surface area contributed by atoms with Gasteiger partial charge in [-0.3, -0.25) is 4.79 Å². The number of hydrogen-bond donors (Lipinski definition) is 1. The average Bonchev–Trinajstić information content (AvgIpc) is 2.65. The zero-order chi connectivity index (χ0) is 19.1. The maximum atomic E-state index is 13.8. The number of amides is 1. The van der Waals surface area contributed by atoms with Gasteiger partial charge in [0.1, 0.15) is 5.75 Å². The zero-order valence-electron chi connectivity index (χ0n) is 15.7. The van der Waals surface area contributed by atoms with Crippen LogP contribution >= 0.6 is 0 Å². The standard InChI is InChI=1S/C21H26FNO3/c1-5-17(15-11-12-19(25-4)14(3)13-15)23-21(24)18(6-2)26-20-10-8-7-9-16(20)22/h7-13,17-18H,5-6H2,1-4H3,(H,23,24)/t17-,18-/m0/s1. The Bertz CT molecular complexity index is 748. The fourth-order valence-electron chi connectivity index (χ4n) is 2.82. The van der Waals surface area contributed by atoms with Gasteiger partial charge in [-0.25, -0.2) is 4.39 Å². The molecule has 2 rings (SSSR count). The number of rotatable bonds is 8. The quantitative estimate of drug-likeness (QED) is 0.751. The highest BCUT2D eigenvalue weighted by molar-refractivity contribution is 5.81. The Morgan fingerprint density at radius 2 is 1.85 bits per heavy atom. The van der Waals surface area contributed by atoms with Crippen LogP contribution in [0.5, 0.6) is 11.5 Å². The maximum absolute atomic E-state index is 13.8. The van der Waals surface area contributed by atoms with Crippen LogP contribution in [0.4, 0.5) is 4.39 Å². The predicted molar refractivity (Wildman–Crippen MR) is 100 cm³/mol. The third-order valence-corrected chi connectivity index (χ3v) is 4.32. The van der Waals surface area contributed by atoms with Gasteiger partial charge < -0.3 is 14.8 Å². The molecule has 0 radical (unpaired) electrons. The molecule has 2 aromatic carbocycles. The summed E-state index contributed by atoms with van der Waals surface area (Å²) in [5, 5.41) is 3.01. The Labute approximate surface area is 154 Å². The van der Waals surface area contributed by atoms with Gasteiger partial charge in [0, 0.05) is 0 Å². The smallest absolute Gasteiger partial charge is 0.261 e. The lowest BCUT2D eigenvalue weighted by Crippen LogP contribution is -2.40. The van der Waals surface area contributed by atoms with Gasteiger partial charge in [0.15, 0.2) is 17.7 Å². The van der Waals surface area contributed by atoms with Gasteiger partial charge in [0.05, 0.1) is 13.2 Å². The zero-order valence-corrected chi connectivity index (χ0v) is 15.7. The molecule has 0 heterocycles. The molecule has 4 nitrogen and oxygen atoms in total. The van der Waals surface area contributed by atoms with Crippen molar-refractivity contribution in [3.05, 3.63) is 59.4 Å². The molecule has 1 amide bonds. The van der Waals surface area contributed by atoms with Crippen LogP contribution in [0.3, 0.4) is 0 Å². The number of carbonyl (C=O) groups excluding carboxylic acids is 1. The van der Waals surface area contributed by atoms with Crippen molar-refractivity contribution in [1.29, 1.82) is 0 Å². The summed E-state index contributed by atoms with van der Waals surface area (Å²) in [7, 11) is 1.63. The van der Waals surface area contributed by atoms with Gasteiger partial charge in [0.2, 0.25) is 0 Å². The maximum Gasteiger partial charge on any atom is 0.261 e. The highest BCUT2D eigenvalue weighted by atomic mass is 19.1. The molecule has 0 saturated carbocycles. The van der Waals surface area contributed by atoms with Gasteiger partial charge >= 0.3 is 0 Å². The number of aryl methyl sites for hydroxylation is 1. The van der Waals surface area contributed by atoms with Gasteiger partial charge in [-0.1, -0.05) is 38.1 Å². The number of nitrogens with one attached hydrogen (secondary N) is 1. The molecule has 140 valence electrons. The van der Waals surface area contributed by atoms with Crippen LogP contribution < -0.4 is 14.8 Å². The molecular weight excluding hydrogens is 333 g/mol. The fourth-order valence-corrected chi connectivity index (χ4v) is 2.82. The lowest BCUT2D eigenvalue weighted by atomic mass is 10.0. The Hall–Kier alpha value is -2.56. The van der Waals surface area contributed by atoms with Gasteiger partial charge in [0.25, 0.3) is 5.91 Å². The van der Waals surface area contributed by atoms with Crippen molar-refractivity contribution >= 4 is 5.91 Å². The van der Waals surface area contributed by atoms with Crippen LogP contribution in [-0.2, 0) is 4.79 Å². The Morgan fingerprint density at radius 3 is 2.42 bits per heavy atom. The number of hydrogen-bond acceptors (Lipinski definition) is 3. The number of benzene rings is 2. The molecule has 0 aliphatic heterocycles. The minimum Gasteiger partial charge on any atom is -0.496 e. The minimum atomic E-state index is -0.750. The minimum absolute atomic E-state index is 0.0860. The second-order valence-corrected chi connectivity index (χ2v) is 6.14. The lowest BCUT2D eigenvalue weighted by molar-refractivity contribution is -0.129. The topological polar surface area (TPSA) is 47.6 Å². The van der Waals surface area contributed by atoms with Crippen LogP contribution in [-0.4, -0.2) is 19.1 Å². The monoisotopic (exact) mass is 359 g/mol. The van der Waals surface area contributed by atoms with Gasteiger partial charge in [-0.05, 0) is 49.1 Å². The highest BCUT2D eigenvalue weighted by Gasteiger charge is 2.23. The molecule has 0 bridgehead atoms. The van der Waals surface area contributed by atoms with Gasteiger partial charge in [-0.2, -0.15) is 0 Å². The summed E-state index contributed by atoms with van der Waals surface area (Å²) in [6.07, 6.45) is 0.423. The molecule has 0 spiro atoms. The molecule has 26 heavy (non-hydrogen) atoms. The molecule has 2 atom stereocenters. The van der Waals surface area contributed by atoms with Crippen molar-refractivity contribution in [2.75, 3.05) is 7.11 Å². The summed E-state index contributed by atoms with van der Waals surface area (Å²) in [6, 6.07) is 11.8. The van der Waals surface area contributed by atoms with Crippen molar-refractivity contribution in [3.63, 3.8) is 0 Å². The molecule has 0 aliphatic rings. The highest BCUT2D eigenvalue weighted by Crippen LogP contribution is 2.25. The normalized spacial score (nSPS) is 13.0. The van der Waals surface area contributed by atoms with E-state index in [4.69, 9.17) is 9.47 Å². The van der Waals surface area contributed by atoms with E-state index in [1.54, 1.807) is 19.2 Å². The summed E-state index contributed by atoms with van der Waals surface area (Å²) in [4.78, 5) is 12.7. The Morgan fingerprint density at radius 1 is 1.12 bits per heavy atom. The Balaban J connectivity index is 2.11. The number of halogens is 1. The number of ether oxygens (including phenoxy) is 2. The van der Waals surface area contributed by atoms with Crippen LogP contribution in [0.15, 0.2) is 42.5 Å². The number of carbonyl (C=O) groups is 1. The van der Waals surface area contributed by atoms with Crippen molar-refractivity contribution < 1.29 is 18.7 Å². The van der Waals surface area contributed by atoms with E-state index in [1.807, 2.05) is 39.0 Å². The average molecular weight is 359 g/mol. The molecule has 0 unspecified atom stereocenters. The summed E-state index contributed by atoms with van der Waals surface area (Å²) in [6.45, 7) is 5.81. The predicted octanol–water partition coefficient (Wildman–Crippen LogP) is 4.57. The third-order valence-electron chi connectivity index (χ3n) is 4.32. The van der Waals surface area contributed by atoms with Crippen LogP contribution in [0.1, 0.15) is 43.9 Å². The van der Waals surface area contributed by atoms with E-state index >= 15 is 0 Å². The molecule has 0 fully saturated rings. The largest absolute Gasteiger partial charge is 0.496 e. The van der Waals surface area contributed by atoms with Crippen molar-refractivity contribution in [2.45, 2.75) is 45.8 Å². The van der Waals surface area contributed by atoms with E-state index in [9.17, 15) is 9.18 Å². The molecule has 0 aromatic heterocycles. The SMILES string of the molecule is CC[C@H](Oc1ccccc1F)C(=O)N[C@@H](CC)c1ccc(OC)c(C)c1. The Kier molecular flexibility index (Phi) is 7.01. The van der Waals surface area contributed by atoms with E-state index < -0.39 is 11.9 Å². The first-order valence-electron chi connectivity index (χ1n) is 8.86. The number of para-hydroxylation sites is 1. The van der Waals surface area contributed by atoms with E-state index in [1.165, 1.54) is 12.1 Å². The first kappa shape index (κ1) is 19.8. The molecular formula is C21H26FNO3. The van der Waals surface area contributed by atoms with E-state index in [0.717, 1.165) is 23.3 Å². The van der Waals surface area contributed by atoms with Crippen LogP contribution in [0, 0.1) is 12.7 Å².